The molecule has 2 aliphatic rings. The lowest BCUT2D eigenvalue weighted by atomic mass is 9.86. The van der Waals surface area contributed by atoms with Crippen LogP contribution in [-0.2, 0) is 6.18 Å². The fraction of sp³-hybridized carbons (Fsp3) is 0.333. The van der Waals surface area contributed by atoms with E-state index < -0.39 is 17.6 Å². The molecule has 136 valence electrons. The summed E-state index contributed by atoms with van der Waals surface area (Å²) >= 11 is 0. The summed E-state index contributed by atoms with van der Waals surface area (Å²) in [6, 6.07) is 2.14. The van der Waals surface area contributed by atoms with E-state index >= 15 is 0 Å². The Bertz CT molecular complexity index is 844. The van der Waals surface area contributed by atoms with Crippen molar-refractivity contribution in [3.05, 3.63) is 41.9 Å². The highest BCUT2D eigenvalue weighted by Crippen LogP contribution is 2.39. The molecule has 0 spiro atoms. The average Bonchev–Trinajstić information content (AvgIpc) is 2.62. The molecule has 4 rings (SSSR count). The van der Waals surface area contributed by atoms with E-state index in [0.29, 0.717) is 24.9 Å². The first-order valence-corrected chi connectivity index (χ1v) is 7.71. The van der Waals surface area contributed by atoms with Crippen LogP contribution in [0, 0.1) is 0 Å². The van der Waals surface area contributed by atoms with Crippen LogP contribution in [0.5, 0.6) is 0 Å². The van der Waals surface area contributed by atoms with Gasteiger partial charge in [0.1, 0.15) is 5.82 Å². The number of piperazine rings is 1. The van der Waals surface area contributed by atoms with Crippen molar-refractivity contribution >= 4 is 17.7 Å². The summed E-state index contributed by atoms with van der Waals surface area (Å²) in [5.74, 6) is 0.0254. The predicted octanol–water partition coefficient (Wildman–Crippen LogP) is 1.09. The molecule has 0 radical (unpaired) electrons. The monoisotopic (exact) mass is 366 g/mol. The molecule has 4 heterocycles. The highest BCUT2D eigenvalue weighted by atomic mass is 19.4. The lowest BCUT2D eigenvalue weighted by molar-refractivity contribution is -0.137. The van der Waals surface area contributed by atoms with Gasteiger partial charge in [-0.3, -0.25) is 10.0 Å². The van der Waals surface area contributed by atoms with Crippen LogP contribution in [0.1, 0.15) is 15.9 Å². The maximum Gasteiger partial charge on any atom is 0.416 e. The van der Waals surface area contributed by atoms with E-state index in [9.17, 15) is 18.0 Å². The minimum absolute atomic E-state index is 0.0509. The second kappa shape index (κ2) is 5.80. The predicted molar refractivity (Wildman–Crippen MR) is 82.8 cm³/mol. The van der Waals surface area contributed by atoms with Crippen LogP contribution < -0.4 is 15.3 Å². The molecule has 0 bridgehead atoms. The van der Waals surface area contributed by atoms with Crippen LogP contribution in [-0.4, -0.2) is 51.2 Å². The van der Waals surface area contributed by atoms with Crippen LogP contribution >= 0.6 is 0 Å². The lowest BCUT2D eigenvalue weighted by Crippen LogP contribution is -2.80. The number of carbonyl (C=O) groups is 1. The Labute approximate surface area is 145 Å². The Kier molecular flexibility index (Phi) is 3.68. The number of nitrogens with zero attached hydrogens (tertiary/aromatic N) is 5. The molecule has 2 aromatic rings. The molecule has 8 nitrogen and oxygen atoms in total. The Balaban J connectivity index is 1.43. The number of halogens is 3. The molecular weight excluding hydrogens is 353 g/mol. The average molecular weight is 366 g/mol. The summed E-state index contributed by atoms with van der Waals surface area (Å²) in [4.78, 5) is 27.2. The van der Waals surface area contributed by atoms with Crippen LogP contribution in [0.2, 0.25) is 0 Å². The van der Waals surface area contributed by atoms with Crippen LogP contribution in [0.4, 0.5) is 24.9 Å². The molecule has 2 fully saturated rings. The zero-order chi connectivity index (χ0) is 18.5. The molecule has 11 heteroatoms. The Hall–Kier alpha value is -2.95. The molecule has 0 aromatic carbocycles. The maximum absolute atomic E-state index is 12.8. The molecular formula is C15H13F3N6O2. The number of hydrogen-bond acceptors (Lipinski definition) is 7. The van der Waals surface area contributed by atoms with Gasteiger partial charge in [0.25, 0.3) is 5.91 Å². The van der Waals surface area contributed by atoms with Crippen LogP contribution in [0.25, 0.3) is 0 Å². The quantitative estimate of drug-likeness (QED) is 0.620. The van der Waals surface area contributed by atoms with Gasteiger partial charge in [-0.25, -0.2) is 20.4 Å². The fourth-order valence-electron chi connectivity index (χ4n) is 3.15. The number of alkyl halides is 3. The zero-order valence-corrected chi connectivity index (χ0v) is 13.2. The summed E-state index contributed by atoms with van der Waals surface area (Å²) < 4.78 is 38.5. The number of amides is 1. The Morgan fingerprint density at radius 2 is 1.81 bits per heavy atom. The van der Waals surface area contributed by atoms with E-state index in [2.05, 4.69) is 15.0 Å². The first kappa shape index (κ1) is 16.5. The second-order valence-electron chi connectivity index (χ2n) is 6.05. The number of rotatable bonds is 3. The number of anilines is 2. The van der Waals surface area contributed by atoms with Crippen molar-refractivity contribution < 1.29 is 23.2 Å². The van der Waals surface area contributed by atoms with E-state index in [1.54, 1.807) is 0 Å². The van der Waals surface area contributed by atoms with Gasteiger partial charge in [-0.2, -0.15) is 13.2 Å². The van der Waals surface area contributed by atoms with E-state index in [4.69, 9.17) is 5.21 Å². The van der Waals surface area contributed by atoms with Gasteiger partial charge < -0.3 is 9.80 Å². The summed E-state index contributed by atoms with van der Waals surface area (Å²) in [6.07, 6.45) is -0.641. The second-order valence-corrected chi connectivity index (χ2v) is 6.05. The van der Waals surface area contributed by atoms with Crippen molar-refractivity contribution in [2.75, 3.05) is 22.9 Å². The third-order valence-corrected chi connectivity index (χ3v) is 4.64. The number of aromatic nitrogens is 3. The van der Waals surface area contributed by atoms with E-state index in [-0.39, 0.29) is 17.6 Å². The third-order valence-electron chi connectivity index (χ3n) is 4.64. The van der Waals surface area contributed by atoms with Gasteiger partial charge in [0.2, 0.25) is 5.95 Å². The SMILES string of the molecule is O=C(NO)c1cnc(N2C[C@H]3C2CN3c2cc(C(F)(F)F)ccn2)nc1. The minimum atomic E-state index is -4.40. The van der Waals surface area contributed by atoms with Crippen molar-refractivity contribution in [1.29, 1.82) is 0 Å². The third kappa shape index (κ3) is 2.60. The van der Waals surface area contributed by atoms with Gasteiger partial charge in [-0.1, -0.05) is 0 Å². The molecule has 1 unspecified atom stereocenters. The van der Waals surface area contributed by atoms with Crippen LogP contribution in [0.3, 0.4) is 0 Å². The fourth-order valence-corrected chi connectivity index (χ4v) is 3.15. The van der Waals surface area contributed by atoms with Crippen molar-refractivity contribution in [2.45, 2.75) is 18.3 Å². The summed E-state index contributed by atoms with van der Waals surface area (Å²) in [5, 5.41) is 8.57. The first-order chi connectivity index (χ1) is 12.4. The van der Waals surface area contributed by atoms with Crippen molar-refractivity contribution in [3.63, 3.8) is 0 Å². The number of fused-ring (bicyclic) bond motifs is 1. The molecule has 2 atom stereocenters. The highest BCUT2D eigenvalue weighted by Gasteiger charge is 2.53. The van der Waals surface area contributed by atoms with Gasteiger partial charge in [0, 0.05) is 31.7 Å². The molecule has 2 aliphatic heterocycles. The molecule has 2 N–H and O–H groups in total. The smallest absolute Gasteiger partial charge is 0.348 e. The summed E-state index contributed by atoms with van der Waals surface area (Å²) in [6.45, 7) is 1.06. The largest absolute Gasteiger partial charge is 0.416 e. The van der Waals surface area contributed by atoms with E-state index in [0.717, 1.165) is 18.3 Å². The number of pyridine rings is 1. The molecule has 1 amide bonds. The number of hydrogen-bond donors (Lipinski definition) is 2. The minimum Gasteiger partial charge on any atom is -0.348 e. The van der Waals surface area contributed by atoms with Crippen molar-refractivity contribution in [3.8, 4) is 0 Å². The molecule has 2 saturated heterocycles. The lowest BCUT2D eigenvalue weighted by Gasteiger charge is -2.62. The number of hydroxylamine groups is 1. The Morgan fingerprint density at radius 3 is 2.38 bits per heavy atom. The Morgan fingerprint density at radius 1 is 1.15 bits per heavy atom. The number of carbonyl (C=O) groups excluding carboxylic acids is 1. The maximum atomic E-state index is 12.8. The van der Waals surface area contributed by atoms with Gasteiger partial charge in [0.05, 0.1) is 23.2 Å². The van der Waals surface area contributed by atoms with Gasteiger partial charge in [0.15, 0.2) is 0 Å². The van der Waals surface area contributed by atoms with Crippen LogP contribution in [0.15, 0.2) is 30.7 Å². The van der Waals surface area contributed by atoms with Gasteiger partial charge >= 0.3 is 6.18 Å². The summed E-state index contributed by atoms with van der Waals surface area (Å²) in [5.41, 5.74) is 0.900. The van der Waals surface area contributed by atoms with Gasteiger partial charge in [-0.15, -0.1) is 0 Å². The molecule has 2 aromatic heterocycles. The van der Waals surface area contributed by atoms with E-state index in [1.165, 1.54) is 17.9 Å². The first-order valence-electron chi connectivity index (χ1n) is 7.71. The topological polar surface area (TPSA) is 94.5 Å². The van der Waals surface area contributed by atoms with Crippen molar-refractivity contribution in [1.82, 2.24) is 20.4 Å². The zero-order valence-electron chi connectivity index (χ0n) is 13.2. The molecule has 26 heavy (non-hydrogen) atoms. The summed E-state index contributed by atoms with van der Waals surface area (Å²) in [7, 11) is 0. The molecule has 0 aliphatic carbocycles. The molecule has 0 saturated carbocycles. The van der Waals surface area contributed by atoms with Crippen molar-refractivity contribution in [2.24, 2.45) is 0 Å². The normalized spacial score (nSPS) is 21.5. The highest BCUT2D eigenvalue weighted by molar-refractivity contribution is 5.92. The standard InChI is InChI=1S/C15H13F3N6O2/c16-15(17,18)9-1-2-19-12(3-9)23-6-11-10(23)7-24(11)14-20-4-8(5-21-14)13(25)22-26/h1-5,10-11,26H,6-7H2,(H,22,25)/t10-,11?/m0/s1. The van der Waals surface area contributed by atoms with E-state index in [1.807, 2.05) is 9.80 Å². The van der Waals surface area contributed by atoms with Gasteiger partial charge in [-0.05, 0) is 12.1 Å². The number of nitrogens with one attached hydrogen (secondary N) is 1.